The summed E-state index contributed by atoms with van der Waals surface area (Å²) in [5.41, 5.74) is 5.04. The van der Waals surface area contributed by atoms with Gasteiger partial charge in [-0.1, -0.05) is 6.42 Å². The number of carbonyl (C=O) groups excluding carboxylic acids is 1. The van der Waals surface area contributed by atoms with Gasteiger partial charge in [-0.3, -0.25) is 19.6 Å². The molecule has 132 valence electrons. The van der Waals surface area contributed by atoms with Crippen molar-refractivity contribution < 1.29 is 9.72 Å². The predicted octanol–water partition coefficient (Wildman–Crippen LogP) is 1.55. The number of hydrogen-bond donors (Lipinski definition) is 2. The number of nitrogens with one attached hydrogen (secondary N) is 1. The monoisotopic (exact) mass is 335 g/mol. The molecule has 2 saturated carbocycles. The van der Waals surface area contributed by atoms with Crippen molar-refractivity contribution in [1.82, 2.24) is 15.1 Å². The van der Waals surface area contributed by atoms with Gasteiger partial charge in [0.1, 0.15) is 17.9 Å². The lowest BCUT2D eigenvalue weighted by atomic mass is 9.67. The lowest BCUT2D eigenvalue weighted by Gasteiger charge is -2.46. The first-order valence-electron chi connectivity index (χ1n) is 8.55. The summed E-state index contributed by atoms with van der Waals surface area (Å²) in [7, 11) is 0. The number of nitrogens with two attached hydrogens (primary N) is 1. The van der Waals surface area contributed by atoms with Crippen LogP contribution < -0.4 is 11.1 Å². The highest BCUT2D eigenvalue weighted by atomic mass is 16.6. The molecule has 2 aliphatic carbocycles. The number of carbonyl (C=O) groups is 1. The average Bonchev–Trinajstić information content (AvgIpc) is 2.98. The first-order valence-corrected chi connectivity index (χ1v) is 8.55. The Balaban J connectivity index is 1.74. The molecule has 8 nitrogen and oxygen atoms in total. The van der Waals surface area contributed by atoms with Gasteiger partial charge in [-0.15, -0.1) is 0 Å². The van der Waals surface area contributed by atoms with Crippen LogP contribution in [0.2, 0.25) is 0 Å². The summed E-state index contributed by atoms with van der Waals surface area (Å²) >= 11 is 0. The minimum atomic E-state index is -0.984. The van der Waals surface area contributed by atoms with E-state index in [0.717, 1.165) is 25.7 Å². The van der Waals surface area contributed by atoms with Gasteiger partial charge < -0.3 is 11.1 Å². The quantitative estimate of drug-likeness (QED) is 0.639. The number of hydrogen-bond acceptors (Lipinski definition) is 5. The Morgan fingerprint density at radius 1 is 1.42 bits per heavy atom. The van der Waals surface area contributed by atoms with Crippen LogP contribution in [0, 0.1) is 22.0 Å². The lowest BCUT2D eigenvalue weighted by Crippen LogP contribution is -2.57. The summed E-state index contributed by atoms with van der Waals surface area (Å²) in [4.78, 5) is 23.2. The molecule has 0 saturated heterocycles. The van der Waals surface area contributed by atoms with E-state index in [1.54, 1.807) is 13.8 Å². The molecule has 2 fully saturated rings. The van der Waals surface area contributed by atoms with Gasteiger partial charge in [0.15, 0.2) is 0 Å². The Bertz CT molecular complexity index is 627. The van der Waals surface area contributed by atoms with Crippen molar-refractivity contribution in [2.75, 3.05) is 0 Å². The van der Waals surface area contributed by atoms with Gasteiger partial charge in [0.25, 0.3) is 0 Å². The van der Waals surface area contributed by atoms with Crippen molar-refractivity contribution in [3.63, 3.8) is 0 Å². The molecule has 1 aromatic rings. The molecule has 1 amide bonds. The van der Waals surface area contributed by atoms with Crippen LogP contribution in [0.5, 0.6) is 0 Å². The Hall–Kier alpha value is -1.96. The third-order valence-corrected chi connectivity index (χ3v) is 5.58. The molecular formula is C16H25N5O3. The fourth-order valence-corrected chi connectivity index (χ4v) is 4.17. The molecule has 8 heteroatoms. The van der Waals surface area contributed by atoms with Crippen LogP contribution in [0.25, 0.3) is 0 Å². The zero-order valence-corrected chi connectivity index (χ0v) is 14.1. The third kappa shape index (κ3) is 3.02. The van der Waals surface area contributed by atoms with Crippen LogP contribution in [-0.2, 0) is 10.3 Å². The van der Waals surface area contributed by atoms with Gasteiger partial charge in [0.05, 0.1) is 4.92 Å². The van der Waals surface area contributed by atoms with E-state index in [1.165, 1.54) is 23.5 Å². The maximum Gasteiger partial charge on any atom is 0.307 e. The highest BCUT2D eigenvalue weighted by molar-refractivity contribution is 5.83. The van der Waals surface area contributed by atoms with Crippen molar-refractivity contribution in [2.24, 2.45) is 17.6 Å². The van der Waals surface area contributed by atoms with E-state index >= 15 is 0 Å². The molecule has 1 heterocycles. The summed E-state index contributed by atoms with van der Waals surface area (Å²) in [6.07, 6.45) is 7.78. The van der Waals surface area contributed by atoms with Gasteiger partial charge in [-0.2, -0.15) is 5.10 Å². The van der Waals surface area contributed by atoms with Gasteiger partial charge in [-0.25, -0.2) is 0 Å². The topological polar surface area (TPSA) is 116 Å². The number of rotatable bonds is 4. The van der Waals surface area contributed by atoms with Crippen LogP contribution in [0.15, 0.2) is 12.4 Å². The number of aromatic nitrogens is 2. The first kappa shape index (κ1) is 16.9. The summed E-state index contributed by atoms with van der Waals surface area (Å²) in [5, 5.41) is 18.0. The molecule has 3 N–H and O–H groups in total. The Morgan fingerprint density at radius 2 is 2.04 bits per heavy atom. The molecule has 0 aromatic carbocycles. The van der Waals surface area contributed by atoms with Crippen molar-refractivity contribution in [1.29, 1.82) is 0 Å². The molecule has 1 aromatic heterocycles. The summed E-state index contributed by atoms with van der Waals surface area (Å²) in [6, 6.07) is 0.381. The summed E-state index contributed by atoms with van der Waals surface area (Å²) in [6.45, 7) is 3.45. The molecule has 24 heavy (non-hydrogen) atoms. The van der Waals surface area contributed by atoms with E-state index in [9.17, 15) is 14.9 Å². The van der Waals surface area contributed by atoms with Crippen molar-refractivity contribution >= 4 is 11.6 Å². The Kier molecular flexibility index (Phi) is 4.33. The fraction of sp³-hybridized carbons (Fsp3) is 0.750. The second kappa shape index (κ2) is 6.16. The van der Waals surface area contributed by atoms with E-state index in [2.05, 4.69) is 10.4 Å². The first-order chi connectivity index (χ1) is 11.3. The number of nitrogens with zero attached hydrogens (tertiary/aromatic N) is 3. The Labute approximate surface area is 140 Å². The summed E-state index contributed by atoms with van der Waals surface area (Å²) < 4.78 is 1.37. The Morgan fingerprint density at radius 3 is 2.58 bits per heavy atom. The van der Waals surface area contributed by atoms with E-state index in [1.807, 2.05) is 0 Å². The minimum absolute atomic E-state index is 0.114. The van der Waals surface area contributed by atoms with E-state index < -0.39 is 10.5 Å². The molecule has 2 unspecified atom stereocenters. The minimum Gasteiger partial charge on any atom is -0.351 e. The summed E-state index contributed by atoms with van der Waals surface area (Å²) in [5.74, 6) is 0.705. The smallest absolute Gasteiger partial charge is 0.307 e. The number of fused-ring (bicyclic) bond motifs is 2. The molecule has 3 rings (SSSR count). The van der Waals surface area contributed by atoms with Crippen LogP contribution in [0.1, 0.15) is 46.0 Å². The van der Waals surface area contributed by atoms with Crippen LogP contribution >= 0.6 is 0 Å². The maximum atomic E-state index is 12.9. The van der Waals surface area contributed by atoms with Crippen LogP contribution in [0.3, 0.4) is 0 Å². The highest BCUT2D eigenvalue weighted by Crippen LogP contribution is 2.40. The largest absolute Gasteiger partial charge is 0.351 e. The number of nitro groups is 1. The van der Waals surface area contributed by atoms with Crippen molar-refractivity contribution in [3.05, 3.63) is 22.5 Å². The molecule has 2 atom stereocenters. The van der Waals surface area contributed by atoms with Gasteiger partial charge >= 0.3 is 5.69 Å². The van der Waals surface area contributed by atoms with E-state index in [4.69, 9.17) is 5.73 Å². The molecule has 2 bridgehead atoms. The van der Waals surface area contributed by atoms with Gasteiger partial charge in [0, 0.05) is 12.1 Å². The fourth-order valence-electron chi connectivity index (χ4n) is 4.17. The molecule has 0 aliphatic heterocycles. The third-order valence-electron chi connectivity index (χ3n) is 5.58. The maximum absolute atomic E-state index is 12.9. The van der Waals surface area contributed by atoms with E-state index in [0.29, 0.717) is 11.8 Å². The van der Waals surface area contributed by atoms with Gasteiger partial charge in [-0.05, 0) is 51.4 Å². The number of amides is 1. The zero-order valence-electron chi connectivity index (χ0n) is 14.1. The van der Waals surface area contributed by atoms with Crippen LogP contribution in [-0.4, -0.2) is 32.7 Å². The van der Waals surface area contributed by atoms with Crippen molar-refractivity contribution in [3.8, 4) is 0 Å². The second-order valence-corrected chi connectivity index (χ2v) is 7.64. The molecule has 2 aliphatic rings. The zero-order chi connectivity index (χ0) is 17.5. The van der Waals surface area contributed by atoms with E-state index in [-0.39, 0.29) is 23.7 Å². The molecule has 0 spiro atoms. The SMILES string of the molecule is CC(C)(C(=O)NC1C2CCCC1CC(N)C2)n1cc([N+](=O)[O-])cn1. The van der Waals surface area contributed by atoms with Crippen LogP contribution in [0.4, 0.5) is 5.69 Å². The average molecular weight is 335 g/mol. The lowest BCUT2D eigenvalue weighted by molar-refractivity contribution is -0.385. The normalized spacial score (nSPS) is 30.0. The second-order valence-electron chi connectivity index (χ2n) is 7.64. The van der Waals surface area contributed by atoms with Crippen molar-refractivity contribution in [2.45, 2.75) is 63.6 Å². The highest BCUT2D eigenvalue weighted by Gasteiger charge is 2.42. The predicted molar refractivity (Wildman–Crippen MR) is 88.2 cm³/mol. The molecule has 0 radical (unpaired) electrons. The molecular weight excluding hydrogens is 310 g/mol. The standard InChI is InChI=1S/C16H25N5O3/c1-16(2,20-9-13(8-18-20)21(23)24)15(22)19-14-10-4-3-5-11(14)7-12(17)6-10/h8-12,14H,3-7,17H2,1-2H3,(H,19,22). The van der Waals surface area contributed by atoms with Gasteiger partial charge in [0.2, 0.25) is 5.91 Å².